The van der Waals surface area contributed by atoms with Gasteiger partial charge in [0, 0.05) is 16.7 Å². The van der Waals surface area contributed by atoms with Gasteiger partial charge in [-0.1, -0.05) is 42.1 Å². The van der Waals surface area contributed by atoms with E-state index in [0.717, 1.165) is 4.90 Å². The van der Waals surface area contributed by atoms with E-state index in [4.69, 9.17) is 5.73 Å². The molecule has 5 heteroatoms. The summed E-state index contributed by atoms with van der Waals surface area (Å²) in [6.07, 6.45) is 1.35. The van der Waals surface area contributed by atoms with E-state index in [1.54, 1.807) is 30.3 Å². The zero-order chi connectivity index (χ0) is 14.8. The monoisotopic (exact) mass is 296 g/mol. The summed E-state index contributed by atoms with van der Waals surface area (Å²) >= 11 is 1.21. The second-order valence-electron chi connectivity index (χ2n) is 4.46. The Morgan fingerprint density at radius 3 is 2.29 bits per heavy atom. The number of benzene rings is 2. The van der Waals surface area contributed by atoms with Gasteiger partial charge in [0.1, 0.15) is 0 Å². The van der Waals surface area contributed by atoms with Gasteiger partial charge in [-0.25, -0.2) is 4.90 Å². The number of imide groups is 1. The fourth-order valence-corrected chi connectivity index (χ4v) is 2.94. The summed E-state index contributed by atoms with van der Waals surface area (Å²) < 4.78 is 0. The lowest BCUT2D eigenvalue weighted by Crippen LogP contribution is -2.30. The Kier molecular flexibility index (Phi) is 3.50. The van der Waals surface area contributed by atoms with E-state index in [2.05, 4.69) is 0 Å². The van der Waals surface area contributed by atoms with Gasteiger partial charge in [-0.15, -0.1) is 0 Å². The summed E-state index contributed by atoms with van der Waals surface area (Å²) in [6.45, 7) is 0. The fourth-order valence-electron chi connectivity index (χ4n) is 2.04. The van der Waals surface area contributed by atoms with Crippen molar-refractivity contribution in [2.24, 2.45) is 0 Å². The first kappa shape index (κ1) is 13.5. The number of para-hydroxylation sites is 2. The van der Waals surface area contributed by atoms with Crippen molar-refractivity contribution in [3.05, 3.63) is 65.6 Å². The maximum atomic E-state index is 12.4. The van der Waals surface area contributed by atoms with Crippen LogP contribution in [0.3, 0.4) is 0 Å². The Morgan fingerprint density at radius 2 is 1.57 bits per heavy atom. The molecule has 0 saturated heterocycles. The van der Waals surface area contributed by atoms with Crippen molar-refractivity contribution in [2.75, 3.05) is 10.6 Å². The van der Waals surface area contributed by atoms with Crippen LogP contribution in [0.5, 0.6) is 0 Å². The lowest BCUT2D eigenvalue weighted by Gasteiger charge is -2.14. The summed E-state index contributed by atoms with van der Waals surface area (Å²) in [5, 5.41) is 0. The lowest BCUT2D eigenvalue weighted by atomic mass is 10.3. The van der Waals surface area contributed by atoms with Crippen LogP contribution < -0.4 is 10.6 Å². The van der Waals surface area contributed by atoms with Gasteiger partial charge < -0.3 is 5.73 Å². The summed E-state index contributed by atoms with van der Waals surface area (Å²) in [4.78, 5) is 26.8. The minimum atomic E-state index is -0.330. The Labute approximate surface area is 126 Å². The zero-order valence-corrected chi connectivity index (χ0v) is 11.8. The highest BCUT2D eigenvalue weighted by Gasteiger charge is 2.32. The van der Waals surface area contributed by atoms with E-state index in [-0.39, 0.29) is 11.8 Å². The Bertz CT molecular complexity index is 741. The molecule has 1 aliphatic rings. The van der Waals surface area contributed by atoms with Gasteiger partial charge in [0.25, 0.3) is 11.8 Å². The minimum absolute atomic E-state index is 0.320. The van der Waals surface area contributed by atoms with E-state index in [9.17, 15) is 9.59 Å². The molecule has 0 atom stereocenters. The summed E-state index contributed by atoms with van der Waals surface area (Å²) in [5.74, 6) is -0.650. The quantitative estimate of drug-likeness (QED) is 0.699. The van der Waals surface area contributed by atoms with Crippen molar-refractivity contribution in [2.45, 2.75) is 4.90 Å². The van der Waals surface area contributed by atoms with Gasteiger partial charge in [0.15, 0.2) is 0 Å². The molecule has 2 aromatic carbocycles. The SMILES string of the molecule is Nc1ccccc1SC1=CC(=O)N(c2ccccc2)C1=O. The summed E-state index contributed by atoms with van der Waals surface area (Å²) in [7, 11) is 0. The number of carbonyl (C=O) groups is 2. The second kappa shape index (κ2) is 5.46. The van der Waals surface area contributed by atoms with Crippen molar-refractivity contribution in [1.29, 1.82) is 0 Å². The molecule has 4 nitrogen and oxygen atoms in total. The molecule has 2 aromatic rings. The third-order valence-corrected chi connectivity index (χ3v) is 4.15. The Morgan fingerprint density at radius 1 is 0.905 bits per heavy atom. The van der Waals surface area contributed by atoms with Crippen LogP contribution in [0.1, 0.15) is 0 Å². The number of rotatable bonds is 3. The third kappa shape index (κ3) is 2.55. The molecule has 0 bridgehead atoms. The highest BCUT2D eigenvalue weighted by atomic mass is 32.2. The van der Waals surface area contributed by atoms with Gasteiger partial charge in [-0.05, 0) is 24.3 Å². The standard InChI is InChI=1S/C16H12N2O2S/c17-12-8-4-5-9-13(12)21-14-10-15(19)18(16(14)20)11-6-2-1-3-7-11/h1-10H,17H2. The van der Waals surface area contributed by atoms with Crippen LogP contribution in [0, 0.1) is 0 Å². The Balaban J connectivity index is 1.87. The molecule has 0 spiro atoms. The van der Waals surface area contributed by atoms with E-state index >= 15 is 0 Å². The van der Waals surface area contributed by atoms with E-state index in [1.807, 2.05) is 24.3 Å². The van der Waals surface area contributed by atoms with E-state index in [0.29, 0.717) is 16.3 Å². The number of nitrogens with zero attached hydrogens (tertiary/aromatic N) is 1. The van der Waals surface area contributed by atoms with Crippen molar-refractivity contribution in [3.63, 3.8) is 0 Å². The van der Waals surface area contributed by atoms with Crippen LogP contribution in [0.4, 0.5) is 11.4 Å². The molecule has 1 aliphatic heterocycles. The van der Waals surface area contributed by atoms with E-state index < -0.39 is 0 Å². The minimum Gasteiger partial charge on any atom is -0.398 e. The third-order valence-electron chi connectivity index (χ3n) is 3.04. The Hall–Kier alpha value is -2.53. The summed E-state index contributed by atoms with van der Waals surface area (Å²) in [5.41, 5.74) is 7.02. The van der Waals surface area contributed by atoms with Gasteiger partial charge in [-0.2, -0.15) is 0 Å². The molecule has 2 amide bonds. The molecule has 0 radical (unpaired) electrons. The zero-order valence-electron chi connectivity index (χ0n) is 11.0. The average Bonchev–Trinajstić information content (AvgIpc) is 2.77. The molecule has 3 rings (SSSR count). The molecule has 104 valence electrons. The first-order chi connectivity index (χ1) is 10.2. The lowest BCUT2D eigenvalue weighted by molar-refractivity contribution is -0.120. The molecule has 1 heterocycles. The van der Waals surface area contributed by atoms with E-state index in [1.165, 1.54) is 22.7 Å². The molecule has 0 saturated carbocycles. The van der Waals surface area contributed by atoms with Crippen molar-refractivity contribution < 1.29 is 9.59 Å². The largest absolute Gasteiger partial charge is 0.398 e. The molecule has 0 aromatic heterocycles. The number of thioether (sulfide) groups is 1. The summed E-state index contributed by atoms with van der Waals surface area (Å²) in [6, 6.07) is 16.1. The maximum absolute atomic E-state index is 12.4. The highest BCUT2D eigenvalue weighted by Crippen LogP contribution is 2.35. The number of hydrogen-bond donors (Lipinski definition) is 1. The molecule has 0 fully saturated rings. The van der Waals surface area contributed by atoms with Gasteiger partial charge in [0.05, 0.1) is 10.6 Å². The number of carbonyl (C=O) groups excluding carboxylic acids is 2. The molecule has 21 heavy (non-hydrogen) atoms. The van der Waals surface area contributed by atoms with Crippen molar-refractivity contribution in [3.8, 4) is 0 Å². The highest BCUT2D eigenvalue weighted by molar-refractivity contribution is 8.04. The topological polar surface area (TPSA) is 63.4 Å². The molecule has 0 unspecified atom stereocenters. The van der Waals surface area contributed by atoms with Crippen LogP contribution in [-0.4, -0.2) is 11.8 Å². The predicted octanol–water partition coefficient (Wildman–Crippen LogP) is 2.82. The van der Waals surface area contributed by atoms with Crippen LogP contribution in [0.15, 0.2) is 70.5 Å². The second-order valence-corrected chi connectivity index (χ2v) is 5.55. The molecular weight excluding hydrogens is 284 g/mol. The number of anilines is 2. The first-order valence-electron chi connectivity index (χ1n) is 6.34. The normalized spacial score (nSPS) is 14.5. The van der Waals surface area contributed by atoms with Gasteiger partial charge >= 0.3 is 0 Å². The van der Waals surface area contributed by atoms with Crippen LogP contribution in [0.25, 0.3) is 0 Å². The smallest absolute Gasteiger partial charge is 0.272 e. The average molecular weight is 296 g/mol. The molecular formula is C16H12N2O2S. The predicted molar refractivity (Wildman–Crippen MR) is 83.7 cm³/mol. The number of hydrogen-bond acceptors (Lipinski definition) is 4. The first-order valence-corrected chi connectivity index (χ1v) is 7.16. The maximum Gasteiger partial charge on any atom is 0.272 e. The van der Waals surface area contributed by atoms with Crippen molar-refractivity contribution >= 4 is 35.0 Å². The van der Waals surface area contributed by atoms with Gasteiger partial charge in [-0.3, -0.25) is 9.59 Å². The number of nitrogens with two attached hydrogens (primary N) is 1. The number of amides is 2. The molecule has 2 N–H and O–H groups in total. The molecule has 0 aliphatic carbocycles. The van der Waals surface area contributed by atoms with Crippen molar-refractivity contribution in [1.82, 2.24) is 0 Å². The fraction of sp³-hybridized carbons (Fsp3) is 0. The van der Waals surface area contributed by atoms with Gasteiger partial charge in [0.2, 0.25) is 0 Å². The van der Waals surface area contributed by atoms with Crippen LogP contribution in [-0.2, 0) is 9.59 Å². The number of nitrogen functional groups attached to an aromatic ring is 1. The van der Waals surface area contributed by atoms with Crippen LogP contribution in [0.2, 0.25) is 0 Å². The van der Waals surface area contributed by atoms with Crippen LogP contribution >= 0.6 is 11.8 Å².